The van der Waals surface area contributed by atoms with Gasteiger partial charge in [0.05, 0.1) is 0 Å². The highest BCUT2D eigenvalue weighted by atomic mass is 19.1. The largest absolute Gasteiger partial charge is 0.488 e. The van der Waals surface area contributed by atoms with E-state index in [2.05, 4.69) is 4.90 Å². The van der Waals surface area contributed by atoms with E-state index in [0.29, 0.717) is 0 Å². The third-order valence-electron chi connectivity index (χ3n) is 2.88. The molecule has 1 aromatic rings. The lowest BCUT2D eigenvalue weighted by Crippen LogP contribution is -2.38. The van der Waals surface area contributed by atoms with Gasteiger partial charge in [0.1, 0.15) is 17.7 Å². The van der Waals surface area contributed by atoms with Crippen molar-refractivity contribution in [3.63, 3.8) is 0 Å². The number of rotatable bonds is 4. The summed E-state index contributed by atoms with van der Waals surface area (Å²) in [5.41, 5.74) is 6.70. The van der Waals surface area contributed by atoms with Crippen LogP contribution in [0.25, 0.3) is 0 Å². The lowest BCUT2D eigenvalue weighted by molar-refractivity contribution is 0.165. The maximum absolute atomic E-state index is 13.0. The van der Waals surface area contributed by atoms with Crippen LogP contribution < -0.4 is 10.5 Å². The van der Waals surface area contributed by atoms with E-state index in [9.17, 15) is 4.39 Å². The van der Waals surface area contributed by atoms with Crippen LogP contribution in [0.5, 0.6) is 5.75 Å². The summed E-state index contributed by atoms with van der Waals surface area (Å²) < 4.78 is 18.8. The molecule has 1 aliphatic rings. The molecule has 1 aliphatic heterocycles. The van der Waals surface area contributed by atoms with E-state index < -0.39 is 0 Å². The molecule has 17 heavy (non-hydrogen) atoms. The van der Waals surface area contributed by atoms with Crippen LogP contribution in [0, 0.1) is 5.82 Å². The van der Waals surface area contributed by atoms with Gasteiger partial charge < -0.3 is 15.4 Å². The predicted octanol–water partition coefficient (Wildman–Crippen LogP) is 1.41. The molecule has 0 spiro atoms. The van der Waals surface area contributed by atoms with Crippen molar-refractivity contribution >= 4 is 0 Å². The van der Waals surface area contributed by atoms with Gasteiger partial charge in [-0.25, -0.2) is 4.39 Å². The molecule has 0 saturated heterocycles. The van der Waals surface area contributed by atoms with Gasteiger partial charge in [0.15, 0.2) is 0 Å². The van der Waals surface area contributed by atoms with Crippen molar-refractivity contribution in [1.82, 2.24) is 4.90 Å². The van der Waals surface area contributed by atoms with E-state index in [1.807, 2.05) is 14.0 Å². The molecule has 0 bridgehead atoms. The van der Waals surface area contributed by atoms with Gasteiger partial charge in [-0.3, -0.25) is 0 Å². The zero-order chi connectivity index (χ0) is 12.4. The molecule has 3 nitrogen and oxygen atoms in total. The van der Waals surface area contributed by atoms with Gasteiger partial charge in [-0.2, -0.15) is 0 Å². The molecule has 0 saturated carbocycles. The number of hydrogen-bond acceptors (Lipinski definition) is 3. The number of halogens is 1. The lowest BCUT2D eigenvalue weighted by atomic mass is 10.1. The predicted molar refractivity (Wildman–Crippen MR) is 65.7 cm³/mol. The average Bonchev–Trinajstić information content (AvgIpc) is 2.57. The molecule has 94 valence electrons. The molecule has 0 amide bonds. The summed E-state index contributed by atoms with van der Waals surface area (Å²) in [6.45, 7) is 3.64. The summed E-state index contributed by atoms with van der Waals surface area (Å²) in [5, 5.41) is 0. The van der Waals surface area contributed by atoms with Gasteiger partial charge in [0.2, 0.25) is 0 Å². The Labute approximate surface area is 101 Å². The van der Waals surface area contributed by atoms with E-state index in [4.69, 9.17) is 10.5 Å². The van der Waals surface area contributed by atoms with Crippen LogP contribution in [-0.4, -0.2) is 37.2 Å². The Hall–Kier alpha value is -1.13. The standard InChI is InChI=1S/C13H19FN2O/c1-9(15)7-16(2)8-12-6-10-5-11(14)3-4-13(10)17-12/h3-5,9,12H,6-8,15H2,1-2H3. The van der Waals surface area contributed by atoms with E-state index in [0.717, 1.165) is 30.8 Å². The van der Waals surface area contributed by atoms with E-state index in [1.54, 1.807) is 12.1 Å². The highest BCUT2D eigenvalue weighted by Crippen LogP contribution is 2.29. The fourth-order valence-electron chi connectivity index (χ4n) is 2.30. The van der Waals surface area contributed by atoms with Crippen molar-refractivity contribution in [1.29, 1.82) is 0 Å². The van der Waals surface area contributed by atoms with Crippen molar-refractivity contribution in [3.05, 3.63) is 29.6 Å². The van der Waals surface area contributed by atoms with Gasteiger partial charge in [0, 0.05) is 31.1 Å². The first kappa shape index (κ1) is 12.3. The zero-order valence-electron chi connectivity index (χ0n) is 10.3. The number of fused-ring (bicyclic) bond motifs is 1. The zero-order valence-corrected chi connectivity index (χ0v) is 10.3. The van der Waals surface area contributed by atoms with Gasteiger partial charge >= 0.3 is 0 Å². The van der Waals surface area contributed by atoms with Crippen LogP contribution in [0.2, 0.25) is 0 Å². The van der Waals surface area contributed by atoms with Gasteiger partial charge in [-0.05, 0) is 32.2 Å². The number of nitrogens with two attached hydrogens (primary N) is 1. The summed E-state index contributed by atoms with van der Waals surface area (Å²) >= 11 is 0. The third-order valence-corrected chi connectivity index (χ3v) is 2.88. The van der Waals surface area contributed by atoms with Crippen LogP contribution in [0.15, 0.2) is 18.2 Å². The summed E-state index contributed by atoms with van der Waals surface area (Å²) in [5.74, 6) is 0.613. The van der Waals surface area contributed by atoms with Crippen molar-refractivity contribution < 1.29 is 9.13 Å². The van der Waals surface area contributed by atoms with Gasteiger partial charge in [-0.15, -0.1) is 0 Å². The molecule has 0 aromatic heterocycles. The number of hydrogen-bond donors (Lipinski definition) is 1. The lowest BCUT2D eigenvalue weighted by Gasteiger charge is -2.22. The maximum atomic E-state index is 13.0. The number of nitrogens with zero attached hydrogens (tertiary/aromatic N) is 1. The Morgan fingerprint density at radius 1 is 1.59 bits per heavy atom. The molecular formula is C13H19FN2O. The Bertz CT molecular complexity index is 395. The van der Waals surface area contributed by atoms with Crippen LogP contribution in [-0.2, 0) is 6.42 Å². The number of likely N-dealkylation sites (N-methyl/N-ethyl adjacent to an activating group) is 1. The number of ether oxygens (including phenoxy) is 1. The van der Waals surface area contributed by atoms with Crippen molar-refractivity contribution in [2.24, 2.45) is 5.73 Å². The SMILES string of the molecule is CC(N)CN(C)CC1Cc2cc(F)ccc2O1. The molecule has 0 fully saturated rings. The smallest absolute Gasteiger partial charge is 0.123 e. The van der Waals surface area contributed by atoms with Crippen molar-refractivity contribution in [2.45, 2.75) is 25.5 Å². The Balaban J connectivity index is 1.92. The van der Waals surface area contributed by atoms with E-state index >= 15 is 0 Å². The molecule has 2 atom stereocenters. The minimum atomic E-state index is -0.197. The molecule has 1 heterocycles. The Morgan fingerprint density at radius 2 is 2.35 bits per heavy atom. The normalized spacial score (nSPS) is 20.2. The van der Waals surface area contributed by atoms with Gasteiger partial charge in [-0.1, -0.05) is 0 Å². The Kier molecular flexibility index (Phi) is 3.64. The van der Waals surface area contributed by atoms with Crippen LogP contribution in [0.4, 0.5) is 4.39 Å². The fraction of sp³-hybridized carbons (Fsp3) is 0.538. The highest BCUT2D eigenvalue weighted by molar-refractivity contribution is 5.37. The topological polar surface area (TPSA) is 38.5 Å². The fourth-order valence-corrected chi connectivity index (χ4v) is 2.30. The molecule has 2 N–H and O–H groups in total. The molecular weight excluding hydrogens is 219 g/mol. The molecule has 0 aliphatic carbocycles. The first-order valence-corrected chi connectivity index (χ1v) is 5.94. The molecule has 2 unspecified atom stereocenters. The number of benzene rings is 1. The molecule has 0 radical (unpaired) electrons. The quantitative estimate of drug-likeness (QED) is 0.862. The maximum Gasteiger partial charge on any atom is 0.123 e. The second-order valence-corrected chi connectivity index (χ2v) is 4.89. The first-order valence-electron chi connectivity index (χ1n) is 5.94. The monoisotopic (exact) mass is 238 g/mol. The van der Waals surface area contributed by atoms with Crippen LogP contribution >= 0.6 is 0 Å². The first-order chi connectivity index (χ1) is 8.04. The van der Waals surface area contributed by atoms with E-state index in [1.165, 1.54) is 6.07 Å². The Morgan fingerprint density at radius 3 is 3.06 bits per heavy atom. The van der Waals surface area contributed by atoms with E-state index in [-0.39, 0.29) is 18.0 Å². The summed E-state index contributed by atoms with van der Waals surface area (Å²) in [4.78, 5) is 2.15. The summed E-state index contributed by atoms with van der Waals surface area (Å²) in [7, 11) is 2.02. The highest BCUT2D eigenvalue weighted by Gasteiger charge is 2.24. The molecule has 1 aromatic carbocycles. The van der Waals surface area contributed by atoms with Crippen LogP contribution in [0.3, 0.4) is 0 Å². The summed E-state index contributed by atoms with van der Waals surface area (Å²) in [6, 6.07) is 4.85. The minimum absolute atomic E-state index is 0.107. The average molecular weight is 238 g/mol. The minimum Gasteiger partial charge on any atom is -0.488 e. The summed E-state index contributed by atoms with van der Waals surface area (Å²) in [6.07, 6.45) is 0.881. The molecule has 2 rings (SSSR count). The second kappa shape index (κ2) is 5.02. The second-order valence-electron chi connectivity index (χ2n) is 4.89. The van der Waals surface area contributed by atoms with Gasteiger partial charge in [0.25, 0.3) is 0 Å². The molecule has 4 heteroatoms. The van der Waals surface area contributed by atoms with Crippen molar-refractivity contribution in [2.75, 3.05) is 20.1 Å². The van der Waals surface area contributed by atoms with Crippen LogP contribution in [0.1, 0.15) is 12.5 Å². The van der Waals surface area contributed by atoms with Crippen molar-refractivity contribution in [3.8, 4) is 5.75 Å². The third kappa shape index (κ3) is 3.17.